The fourth-order valence-electron chi connectivity index (χ4n) is 1.27. The van der Waals surface area contributed by atoms with E-state index < -0.39 is 0 Å². The van der Waals surface area contributed by atoms with Crippen molar-refractivity contribution in [2.75, 3.05) is 11.9 Å². The maximum absolute atomic E-state index is 11.4. The van der Waals surface area contributed by atoms with Crippen molar-refractivity contribution in [1.29, 1.82) is 0 Å². The number of rotatable bonds is 4. The van der Waals surface area contributed by atoms with Crippen LogP contribution in [0, 0.1) is 6.92 Å². The van der Waals surface area contributed by atoms with Gasteiger partial charge in [-0.05, 0) is 31.4 Å². The van der Waals surface area contributed by atoms with Gasteiger partial charge in [-0.15, -0.1) is 0 Å². The van der Waals surface area contributed by atoms with Crippen molar-refractivity contribution >= 4 is 23.3 Å². The zero-order chi connectivity index (χ0) is 11.5. The third-order valence-corrected chi connectivity index (χ3v) is 2.48. The Hall–Kier alpha value is -1.36. The highest BCUT2D eigenvalue weighted by molar-refractivity contribution is 6.28. The van der Waals surface area contributed by atoms with Crippen LogP contribution in [-0.4, -0.2) is 28.5 Å². The molecule has 2 N–H and O–H groups in total. The van der Waals surface area contributed by atoms with Crippen molar-refractivity contribution in [2.45, 2.75) is 25.8 Å². The van der Waals surface area contributed by atoms with Crippen LogP contribution in [0.4, 0.5) is 5.82 Å². The Morgan fingerprint density at radius 3 is 3.06 bits per heavy atom. The largest absolute Gasteiger partial charge is 0.361 e. The van der Waals surface area contributed by atoms with Gasteiger partial charge in [0, 0.05) is 17.8 Å². The predicted octanol–water partition coefficient (Wildman–Crippen LogP) is 1.13. The number of hydrogen-bond donors (Lipinski definition) is 2. The molecule has 1 amide bonds. The summed E-state index contributed by atoms with van der Waals surface area (Å²) in [5.74, 6) is 0.586. The summed E-state index contributed by atoms with van der Waals surface area (Å²) in [6.07, 6.45) is 3.80. The van der Waals surface area contributed by atoms with Crippen LogP contribution < -0.4 is 10.6 Å². The van der Waals surface area contributed by atoms with Crippen molar-refractivity contribution in [1.82, 2.24) is 15.3 Å². The molecule has 1 saturated carbocycles. The van der Waals surface area contributed by atoms with Crippen molar-refractivity contribution in [3.63, 3.8) is 0 Å². The quantitative estimate of drug-likeness (QED) is 0.775. The highest BCUT2D eigenvalue weighted by atomic mass is 35.5. The Balaban J connectivity index is 1.87. The third-order valence-electron chi connectivity index (χ3n) is 2.30. The molecule has 1 heterocycles. The molecule has 0 aromatic carbocycles. The Morgan fingerprint density at radius 2 is 2.38 bits per heavy atom. The van der Waals surface area contributed by atoms with E-state index >= 15 is 0 Å². The molecular weight excluding hydrogens is 228 g/mol. The molecule has 5 nitrogen and oxygen atoms in total. The average Bonchev–Trinajstić information content (AvgIpc) is 3.03. The number of aryl methyl sites for hydroxylation is 1. The Kier molecular flexibility index (Phi) is 3.24. The van der Waals surface area contributed by atoms with Crippen LogP contribution in [0.3, 0.4) is 0 Å². The molecule has 1 aromatic heterocycles. The number of hydrogen-bond acceptors (Lipinski definition) is 4. The van der Waals surface area contributed by atoms with Gasteiger partial charge in [-0.25, -0.2) is 9.97 Å². The molecule has 1 aliphatic rings. The monoisotopic (exact) mass is 240 g/mol. The van der Waals surface area contributed by atoms with E-state index in [1.807, 2.05) is 6.92 Å². The summed E-state index contributed by atoms with van der Waals surface area (Å²) in [5.41, 5.74) is 0.864. The van der Waals surface area contributed by atoms with E-state index in [2.05, 4.69) is 20.6 Å². The molecule has 0 saturated heterocycles. The normalized spacial score (nSPS) is 14.6. The van der Waals surface area contributed by atoms with Crippen LogP contribution >= 0.6 is 11.6 Å². The van der Waals surface area contributed by atoms with Crippen LogP contribution in [0.5, 0.6) is 0 Å². The van der Waals surface area contributed by atoms with Crippen molar-refractivity contribution < 1.29 is 4.79 Å². The Morgan fingerprint density at radius 1 is 1.62 bits per heavy atom. The summed E-state index contributed by atoms with van der Waals surface area (Å²) in [6.45, 7) is 2.07. The van der Waals surface area contributed by atoms with E-state index in [0.29, 0.717) is 11.9 Å². The summed E-state index contributed by atoms with van der Waals surface area (Å²) in [4.78, 5) is 19.3. The smallest absolute Gasteiger partial charge is 0.239 e. The van der Waals surface area contributed by atoms with E-state index in [1.165, 1.54) is 0 Å². The Bertz CT molecular complexity index is 406. The zero-order valence-corrected chi connectivity index (χ0v) is 9.71. The van der Waals surface area contributed by atoms with Gasteiger partial charge >= 0.3 is 0 Å². The maximum atomic E-state index is 11.4. The second kappa shape index (κ2) is 4.65. The molecule has 2 rings (SSSR count). The van der Waals surface area contributed by atoms with Crippen molar-refractivity contribution in [2.24, 2.45) is 0 Å². The summed E-state index contributed by atoms with van der Waals surface area (Å²) in [7, 11) is 0. The molecular formula is C10H13ClN4O. The number of aromatic nitrogens is 2. The highest BCUT2D eigenvalue weighted by Gasteiger charge is 2.22. The number of nitrogens with zero attached hydrogens (tertiary/aromatic N) is 2. The van der Waals surface area contributed by atoms with Gasteiger partial charge < -0.3 is 10.6 Å². The van der Waals surface area contributed by atoms with E-state index in [0.717, 1.165) is 18.4 Å². The van der Waals surface area contributed by atoms with Gasteiger partial charge in [0.2, 0.25) is 11.2 Å². The van der Waals surface area contributed by atoms with Gasteiger partial charge in [0.15, 0.2) is 0 Å². The summed E-state index contributed by atoms with van der Waals surface area (Å²) in [6, 6.07) is 0.379. The van der Waals surface area contributed by atoms with Crippen molar-refractivity contribution in [3.05, 3.63) is 17.0 Å². The molecule has 0 spiro atoms. The number of amides is 1. The van der Waals surface area contributed by atoms with Gasteiger partial charge in [0.25, 0.3) is 0 Å². The van der Waals surface area contributed by atoms with Gasteiger partial charge in [-0.1, -0.05) is 0 Å². The SMILES string of the molecule is Cc1cnc(Cl)nc1NCC(=O)NC1CC1. The Labute approximate surface area is 98.6 Å². The molecule has 16 heavy (non-hydrogen) atoms. The first-order valence-corrected chi connectivity index (χ1v) is 5.55. The fourth-order valence-corrected chi connectivity index (χ4v) is 1.40. The number of carbonyl (C=O) groups is 1. The lowest BCUT2D eigenvalue weighted by atomic mass is 10.3. The molecule has 0 bridgehead atoms. The first-order chi connectivity index (χ1) is 7.65. The summed E-state index contributed by atoms with van der Waals surface area (Å²) < 4.78 is 0. The zero-order valence-electron chi connectivity index (χ0n) is 8.96. The lowest BCUT2D eigenvalue weighted by Crippen LogP contribution is -2.31. The van der Waals surface area contributed by atoms with Crippen molar-refractivity contribution in [3.8, 4) is 0 Å². The van der Waals surface area contributed by atoms with Gasteiger partial charge in [-0.3, -0.25) is 4.79 Å². The molecule has 86 valence electrons. The van der Waals surface area contributed by atoms with Gasteiger partial charge in [0.05, 0.1) is 6.54 Å². The predicted molar refractivity (Wildman–Crippen MR) is 61.4 cm³/mol. The highest BCUT2D eigenvalue weighted by Crippen LogP contribution is 2.18. The summed E-state index contributed by atoms with van der Waals surface area (Å²) in [5, 5.41) is 6.00. The van der Waals surface area contributed by atoms with E-state index in [9.17, 15) is 4.79 Å². The van der Waals surface area contributed by atoms with Crippen LogP contribution in [0.1, 0.15) is 18.4 Å². The van der Waals surface area contributed by atoms with Crippen LogP contribution in [0.2, 0.25) is 5.28 Å². The second-order valence-electron chi connectivity index (χ2n) is 3.87. The minimum atomic E-state index is -0.0170. The number of nitrogens with one attached hydrogen (secondary N) is 2. The first kappa shape index (κ1) is 11.1. The molecule has 1 aromatic rings. The van der Waals surface area contributed by atoms with Gasteiger partial charge in [-0.2, -0.15) is 0 Å². The average molecular weight is 241 g/mol. The molecule has 0 radical (unpaired) electrons. The number of halogens is 1. The lowest BCUT2D eigenvalue weighted by Gasteiger charge is -2.08. The van der Waals surface area contributed by atoms with Crippen LogP contribution in [0.15, 0.2) is 6.20 Å². The lowest BCUT2D eigenvalue weighted by molar-refractivity contribution is -0.119. The van der Waals surface area contributed by atoms with E-state index in [4.69, 9.17) is 11.6 Å². The maximum Gasteiger partial charge on any atom is 0.239 e. The minimum absolute atomic E-state index is 0.0170. The van der Waals surface area contributed by atoms with Gasteiger partial charge in [0.1, 0.15) is 5.82 Å². The van der Waals surface area contributed by atoms with E-state index in [1.54, 1.807) is 6.20 Å². The van der Waals surface area contributed by atoms with Crippen LogP contribution in [0.25, 0.3) is 0 Å². The molecule has 0 aliphatic heterocycles. The molecule has 0 unspecified atom stereocenters. The molecule has 1 aliphatic carbocycles. The standard InChI is InChI=1S/C10H13ClN4O/c1-6-4-13-10(11)15-9(6)12-5-8(16)14-7-2-3-7/h4,7H,2-3,5H2,1H3,(H,14,16)(H,12,13,15). The molecule has 1 fully saturated rings. The fraction of sp³-hybridized carbons (Fsp3) is 0.500. The molecule has 0 atom stereocenters. The third kappa shape index (κ3) is 3.06. The van der Waals surface area contributed by atoms with E-state index in [-0.39, 0.29) is 17.7 Å². The molecule has 6 heteroatoms. The van der Waals surface area contributed by atoms with Crippen LogP contribution in [-0.2, 0) is 4.79 Å². The minimum Gasteiger partial charge on any atom is -0.361 e. The first-order valence-electron chi connectivity index (χ1n) is 5.17. The number of anilines is 1. The number of carbonyl (C=O) groups excluding carboxylic acids is 1. The summed E-state index contributed by atoms with van der Waals surface area (Å²) >= 11 is 5.66. The topological polar surface area (TPSA) is 66.9 Å². The second-order valence-corrected chi connectivity index (χ2v) is 4.20.